The molecule has 0 saturated carbocycles. The van der Waals surface area contributed by atoms with Crippen molar-refractivity contribution >= 4 is 40.2 Å². The minimum absolute atomic E-state index is 0.0805. The monoisotopic (exact) mass is 447 g/mol. The minimum Gasteiger partial charge on any atom is -0.379 e. The number of carbonyl (C=O) groups excluding carboxylic acids is 1. The van der Waals surface area contributed by atoms with Crippen LogP contribution in [0.1, 0.15) is 26.3 Å². The van der Waals surface area contributed by atoms with E-state index in [0.717, 1.165) is 42.6 Å². The number of nitrogens with one attached hydrogen (secondary N) is 1. The molecule has 1 aromatic carbocycles. The SMILES string of the molecule is Cc1nc(-c2cccc(Cl)c2)sc1C(=O)NCC(c1cccs1)N1CCOCC1. The molecule has 2 aromatic heterocycles. The highest BCUT2D eigenvalue weighted by molar-refractivity contribution is 7.17. The van der Waals surface area contributed by atoms with Gasteiger partial charge in [-0.05, 0) is 30.5 Å². The molecule has 1 fully saturated rings. The molecule has 1 N–H and O–H groups in total. The summed E-state index contributed by atoms with van der Waals surface area (Å²) < 4.78 is 5.49. The molecule has 1 amide bonds. The Balaban J connectivity index is 1.48. The smallest absolute Gasteiger partial charge is 0.263 e. The minimum atomic E-state index is -0.0805. The largest absolute Gasteiger partial charge is 0.379 e. The summed E-state index contributed by atoms with van der Waals surface area (Å²) in [6, 6.07) is 11.9. The molecule has 1 atom stereocenters. The Morgan fingerprint density at radius 3 is 2.86 bits per heavy atom. The van der Waals surface area contributed by atoms with E-state index in [4.69, 9.17) is 16.3 Å². The fourth-order valence-corrected chi connectivity index (χ4v) is 5.43. The second-order valence-corrected chi connectivity index (χ2v) is 9.25. The van der Waals surface area contributed by atoms with Gasteiger partial charge in [-0.25, -0.2) is 4.98 Å². The van der Waals surface area contributed by atoms with Crippen LogP contribution in [0.4, 0.5) is 0 Å². The molecule has 1 unspecified atom stereocenters. The first-order valence-corrected chi connectivity index (χ1v) is 11.6. The van der Waals surface area contributed by atoms with Crippen molar-refractivity contribution in [3.8, 4) is 10.6 Å². The van der Waals surface area contributed by atoms with Crippen LogP contribution in [0.5, 0.6) is 0 Å². The molecule has 3 aromatic rings. The number of aryl methyl sites for hydroxylation is 1. The van der Waals surface area contributed by atoms with Crippen molar-refractivity contribution < 1.29 is 9.53 Å². The van der Waals surface area contributed by atoms with Crippen molar-refractivity contribution in [3.05, 3.63) is 62.2 Å². The van der Waals surface area contributed by atoms with Crippen molar-refractivity contribution in [1.82, 2.24) is 15.2 Å². The number of thiazole rings is 1. The van der Waals surface area contributed by atoms with E-state index in [-0.39, 0.29) is 11.9 Å². The maximum Gasteiger partial charge on any atom is 0.263 e. The number of nitrogens with zero attached hydrogens (tertiary/aromatic N) is 2. The number of thiophene rings is 1. The van der Waals surface area contributed by atoms with Gasteiger partial charge >= 0.3 is 0 Å². The lowest BCUT2D eigenvalue weighted by Gasteiger charge is -2.34. The van der Waals surface area contributed by atoms with Crippen LogP contribution in [0.25, 0.3) is 10.6 Å². The van der Waals surface area contributed by atoms with E-state index < -0.39 is 0 Å². The second-order valence-electron chi connectivity index (χ2n) is 6.83. The average molecular weight is 448 g/mol. The van der Waals surface area contributed by atoms with Crippen molar-refractivity contribution in [1.29, 1.82) is 0 Å². The molecule has 8 heteroatoms. The lowest BCUT2D eigenvalue weighted by Crippen LogP contribution is -2.43. The van der Waals surface area contributed by atoms with Crippen molar-refractivity contribution in [2.45, 2.75) is 13.0 Å². The highest BCUT2D eigenvalue weighted by atomic mass is 35.5. The Hall–Kier alpha value is -1.77. The summed E-state index contributed by atoms with van der Waals surface area (Å²) in [5.74, 6) is -0.0805. The number of hydrogen-bond donors (Lipinski definition) is 1. The summed E-state index contributed by atoms with van der Waals surface area (Å²) in [7, 11) is 0. The fourth-order valence-electron chi connectivity index (χ4n) is 3.40. The van der Waals surface area contributed by atoms with Crippen molar-refractivity contribution in [2.75, 3.05) is 32.8 Å². The van der Waals surface area contributed by atoms with Gasteiger partial charge in [-0.2, -0.15) is 0 Å². The van der Waals surface area contributed by atoms with Crippen LogP contribution in [0.15, 0.2) is 41.8 Å². The number of carbonyl (C=O) groups is 1. The third-order valence-corrected chi connectivity index (χ3v) is 7.30. The molecule has 0 aliphatic carbocycles. The topological polar surface area (TPSA) is 54.5 Å². The van der Waals surface area contributed by atoms with E-state index >= 15 is 0 Å². The van der Waals surface area contributed by atoms with Crippen LogP contribution in [-0.2, 0) is 4.74 Å². The van der Waals surface area contributed by atoms with Crippen LogP contribution in [0, 0.1) is 6.92 Å². The molecule has 0 bridgehead atoms. The summed E-state index contributed by atoms with van der Waals surface area (Å²) in [4.78, 5) is 21.8. The number of ether oxygens (including phenoxy) is 1. The van der Waals surface area contributed by atoms with E-state index in [9.17, 15) is 4.79 Å². The maximum atomic E-state index is 12.9. The number of benzene rings is 1. The Morgan fingerprint density at radius 2 is 2.14 bits per heavy atom. The molecule has 5 nitrogen and oxygen atoms in total. The molecular formula is C21H22ClN3O2S2. The molecule has 1 saturated heterocycles. The fraction of sp³-hybridized carbons (Fsp3) is 0.333. The van der Waals surface area contributed by atoms with Gasteiger partial charge in [-0.1, -0.05) is 29.8 Å². The van der Waals surface area contributed by atoms with Crippen molar-refractivity contribution in [2.24, 2.45) is 0 Å². The van der Waals surface area contributed by atoms with E-state index in [1.54, 1.807) is 11.3 Å². The predicted molar refractivity (Wildman–Crippen MR) is 119 cm³/mol. The van der Waals surface area contributed by atoms with Gasteiger partial charge in [0.15, 0.2) is 0 Å². The van der Waals surface area contributed by atoms with Gasteiger partial charge in [0.1, 0.15) is 9.88 Å². The van der Waals surface area contributed by atoms with Gasteiger partial charge in [-0.3, -0.25) is 9.69 Å². The Morgan fingerprint density at radius 1 is 1.31 bits per heavy atom. The van der Waals surface area contributed by atoms with Gasteiger partial charge in [0, 0.05) is 35.1 Å². The van der Waals surface area contributed by atoms with Gasteiger partial charge in [-0.15, -0.1) is 22.7 Å². The summed E-state index contributed by atoms with van der Waals surface area (Å²) in [5.41, 5.74) is 1.66. The van der Waals surface area contributed by atoms with Crippen LogP contribution >= 0.6 is 34.3 Å². The molecule has 3 heterocycles. The van der Waals surface area contributed by atoms with E-state index in [0.29, 0.717) is 16.4 Å². The average Bonchev–Trinajstić information content (AvgIpc) is 3.39. The van der Waals surface area contributed by atoms with Crippen LogP contribution in [0.3, 0.4) is 0 Å². The molecule has 1 aliphatic rings. The number of halogens is 1. The summed E-state index contributed by atoms with van der Waals surface area (Å²) >= 11 is 9.22. The zero-order valence-corrected chi connectivity index (χ0v) is 18.4. The van der Waals surface area contributed by atoms with E-state index in [1.165, 1.54) is 16.2 Å². The Labute approximate surface area is 183 Å². The van der Waals surface area contributed by atoms with Crippen molar-refractivity contribution in [3.63, 3.8) is 0 Å². The zero-order valence-electron chi connectivity index (χ0n) is 16.1. The molecule has 152 valence electrons. The summed E-state index contributed by atoms with van der Waals surface area (Å²) in [6.45, 7) is 5.63. The van der Waals surface area contributed by atoms with E-state index in [2.05, 4.69) is 32.7 Å². The van der Waals surface area contributed by atoms with E-state index in [1.807, 2.05) is 31.2 Å². The Kier molecular flexibility index (Phi) is 6.62. The number of rotatable bonds is 6. The summed E-state index contributed by atoms with van der Waals surface area (Å²) in [6.07, 6.45) is 0. The normalized spacial score (nSPS) is 15.9. The quantitative estimate of drug-likeness (QED) is 0.598. The van der Waals surface area contributed by atoms with Crippen LogP contribution < -0.4 is 5.32 Å². The van der Waals surface area contributed by atoms with Gasteiger partial charge in [0.05, 0.1) is 24.9 Å². The number of hydrogen-bond acceptors (Lipinski definition) is 6. The first-order chi connectivity index (χ1) is 14.1. The first-order valence-electron chi connectivity index (χ1n) is 9.48. The highest BCUT2D eigenvalue weighted by Crippen LogP contribution is 2.30. The third-order valence-electron chi connectivity index (χ3n) is 4.89. The zero-order chi connectivity index (χ0) is 20.2. The van der Waals surface area contributed by atoms with Crippen LogP contribution in [0.2, 0.25) is 5.02 Å². The van der Waals surface area contributed by atoms with Crippen LogP contribution in [-0.4, -0.2) is 48.6 Å². The second kappa shape index (κ2) is 9.36. The lowest BCUT2D eigenvalue weighted by atomic mass is 10.2. The summed E-state index contributed by atoms with van der Waals surface area (Å²) in [5, 5.41) is 6.67. The molecule has 4 rings (SSSR count). The molecule has 0 radical (unpaired) electrons. The number of morpholine rings is 1. The van der Waals surface area contributed by atoms with Gasteiger partial charge in [0.2, 0.25) is 0 Å². The number of amides is 1. The standard InChI is InChI=1S/C21H22ClN3O2S2/c1-14-19(29-21(24-14)15-4-2-5-16(22)12-15)20(26)23-13-17(18-6-3-11-28-18)25-7-9-27-10-8-25/h2-6,11-12,17H,7-10,13H2,1H3,(H,23,26). The lowest BCUT2D eigenvalue weighted by molar-refractivity contribution is 0.0169. The maximum absolute atomic E-state index is 12.9. The first kappa shape index (κ1) is 20.5. The predicted octanol–water partition coefficient (Wildman–Crippen LogP) is 4.64. The molecule has 0 spiro atoms. The highest BCUT2D eigenvalue weighted by Gasteiger charge is 2.25. The molecular weight excluding hydrogens is 426 g/mol. The van der Waals surface area contributed by atoms with Gasteiger partial charge in [0.25, 0.3) is 5.91 Å². The third kappa shape index (κ3) is 4.87. The molecule has 29 heavy (non-hydrogen) atoms. The van der Waals surface area contributed by atoms with Gasteiger partial charge < -0.3 is 10.1 Å². The molecule has 1 aliphatic heterocycles. The number of aromatic nitrogens is 1. The Bertz CT molecular complexity index is 968.